The van der Waals surface area contributed by atoms with Crippen LogP contribution in [0.2, 0.25) is 0 Å². The molecule has 1 unspecified atom stereocenters. The zero-order valence-electron chi connectivity index (χ0n) is 9.68. The summed E-state index contributed by atoms with van der Waals surface area (Å²) in [6.07, 6.45) is 1.67. The zero-order valence-corrected chi connectivity index (χ0v) is 10.5. The van der Waals surface area contributed by atoms with Gasteiger partial charge in [0.15, 0.2) is 0 Å². The lowest BCUT2D eigenvalue weighted by atomic mass is 10.1. The number of thiazole rings is 1. The molecule has 1 amide bonds. The molecule has 2 rings (SSSR count). The third-order valence-corrected chi connectivity index (χ3v) is 3.39. The van der Waals surface area contributed by atoms with Crippen molar-refractivity contribution in [3.8, 4) is 0 Å². The lowest BCUT2D eigenvalue weighted by molar-refractivity contribution is 0.0939. The summed E-state index contributed by atoms with van der Waals surface area (Å²) in [5, 5.41) is 5.39. The topological polar surface area (TPSA) is 68.0 Å². The van der Waals surface area contributed by atoms with Crippen LogP contribution in [0.3, 0.4) is 0 Å². The molecule has 0 aliphatic carbocycles. The first-order valence-corrected chi connectivity index (χ1v) is 6.21. The number of hydrogen-bond acceptors (Lipinski definition) is 4. The molecule has 0 aliphatic rings. The van der Waals surface area contributed by atoms with Gasteiger partial charge in [0.05, 0.1) is 11.7 Å². The van der Waals surface area contributed by atoms with E-state index in [0.717, 1.165) is 11.1 Å². The van der Waals surface area contributed by atoms with Crippen LogP contribution >= 0.6 is 11.3 Å². The predicted octanol–water partition coefficient (Wildman–Crippen LogP) is 2.36. The molecule has 94 valence electrons. The van der Waals surface area contributed by atoms with Crippen LogP contribution in [0.4, 0.5) is 10.1 Å². The van der Waals surface area contributed by atoms with E-state index in [1.54, 1.807) is 6.20 Å². The Balaban J connectivity index is 2.10. The monoisotopic (exact) mass is 265 g/mol. The first kappa shape index (κ1) is 12.5. The standard InChI is InChI=1S/C12H12FN3OS/c1-7(12-15-4-5-18-12)16-11(17)8-2-3-10(14)9(13)6-8/h2-7H,14H2,1H3,(H,16,17). The van der Waals surface area contributed by atoms with Crippen LogP contribution in [0.15, 0.2) is 29.8 Å². The number of rotatable bonds is 3. The molecule has 0 saturated heterocycles. The number of hydrogen-bond donors (Lipinski definition) is 2. The largest absolute Gasteiger partial charge is 0.396 e. The van der Waals surface area contributed by atoms with Gasteiger partial charge in [-0.15, -0.1) is 11.3 Å². The molecule has 18 heavy (non-hydrogen) atoms. The summed E-state index contributed by atoms with van der Waals surface area (Å²) < 4.78 is 13.2. The summed E-state index contributed by atoms with van der Waals surface area (Å²) in [6.45, 7) is 1.82. The van der Waals surface area contributed by atoms with E-state index in [1.165, 1.54) is 23.5 Å². The maximum Gasteiger partial charge on any atom is 0.251 e. The molecule has 0 spiro atoms. The minimum atomic E-state index is -0.593. The van der Waals surface area contributed by atoms with Crippen LogP contribution in [0.5, 0.6) is 0 Å². The third-order valence-electron chi connectivity index (χ3n) is 2.43. The molecule has 0 fully saturated rings. The van der Waals surface area contributed by atoms with Gasteiger partial charge >= 0.3 is 0 Å². The van der Waals surface area contributed by atoms with Crippen molar-refractivity contribution in [3.63, 3.8) is 0 Å². The van der Waals surface area contributed by atoms with Gasteiger partial charge in [-0.1, -0.05) is 0 Å². The number of benzene rings is 1. The summed E-state index contributed by atoms with van der Waals surface area (Å²) in [5.74, 6) is -0.943. The van der Waals surface area contributed by atoms with Crippen LogP contribution in [-0.4, -0.2) is 10.9 Å². The summed E-state index contributed by atoms with van der Waals surface area (Å²) in [5.41, 5.74) is 5.62. The Hall–Kier alpha value is -1.95. The van der Waals surface area contributed by atoms with Gasteiger partial charge in [0, 0.05) is 17.1 Å². The van der Waals surface area contributed by atoms with Crippen molar-refractivity contribution in [2.24, 2.45) is 0 Å². The van der Waals surface area contributed by atoms with Crippen molar-refractivity contribution in [2.75, 3.05) is 5.73 Å². The van der Waals surface area contributed by atoms with Gasteiger partial charge in [0.1, 0.15) is 10.8 Å². The highest BCUT2D eigenvalue weighted by Crippen LogP contribution is 2.16. The van der Waals surface area contributed by atoms with E-state index in [0.29, 0.717) is 0 Å². The van der Waals surface area contributed by atoms with E-state index < -0.39 is 5.82 Å². The summed E-state index contributed by atoms with van der Waals surface area (Å²) in [4.78, 5) is 16.0. The summed E-state index contributed by atoms with van der Waals surface area (Å²) in [6, 6.07) is 3.78. The van der Waals surface area contributed by atoms with E-state index in [9.17, 15) is 9.18 Å². The molecule has 0 bridgehead atoms. The Morgan fingerprint density at radius 1 is 1.56 bits per heavy atom. The maximum atomic E-state index is 13.2. The van der Waals surface area contributed by atoms with E-state index in [2.05, 4.69) is 10.3 Å². The number of carbonyl (C=O) groups is 1. The van der Waals surface area contributed by atoms with E-state index in [4.69, 9.17) is 5.73 Å². The van der Waals surface area contributed by atoms with E-state index >= 15 is 0 Å². The van der Waals surface area contributed by atoms with Crippen molar-refractivity contribution >= 4 is 22.9 Å². The van der Waals surface area contributed by atoms with Crippen LogP contribution < -0.4 is 11.1 Å². The molecule has 1 aromatic carbocycles. The highest BCUT2D eigenvalue weighted by Gasteiger charge is 2.14. The average Bonchev–Trinajstić information content (AvgIpc) is 2.86. The van der Waals surface area contributed by atoms with Crippen molar-refractivity contribution < 1.29 is 9.18 Å². The number of nitrogens with one attached hydrogen (secondary N) is 1. The van der Waals surface area contributed by atoms with Crippen LogP contribution in [0.25, 0.3) is 0 Å². The summed E-state index contributed by atoms with van der Waals surface area (Å²) in [7, 11) is 0. The van der Waals surface area contributed by atoms with Crippen molar-refractivity contribution in [3.05, 3.63) is 46.2 Å². The quantitative estimate of drug-likeness (QED) is 0.837. The molecule has 1 heterocycles. The zero-order chi connectivity index (χ0) is 13.1. The van der Waals surface area contributed by atoms with Crippen LogP contribution in [-0.2, 0) is 0 Å². The first-order valence-electron chi connectivity index (χ1n) is 5.33. The molecule has 1 aromatic heterocycles. The normalized spacial score (nSPS) is 12.1. The minimum absolute atomic E-state index is 0.0273. The van der Waals surface area contributed by atoms with Crippen molar-refractivity contribution in [2.45, 2.75) is 13.0 Å². The fraction of sp³-hybridized carbons (Fsp3) is 0.167. The maximum absolute atomic E-state index is 13.2. The number of aromatic nitrogens is 1. The van der Waals surface area contributed by atoms with E-state index in [1.807, 2.05) is 12.3 Å². The highest BCUT2D eigenvalue weighted by molar-refractivity contribution is 7.09. The third kappa shape index (κ3) is 2.65. The number of nitrogens with two attached hydrogens (primary N) is 1. The van der Waals surface area contributed by atoms with E-state index in [-0.39, 0.29) is 23.2 Å². The molecule has 0 radical (unpaired) electrons. The van der Waals surface area contributed by atoms with Gasteiger partial charge in [-0.25, -0.2) is 9.37 Å². The summed E-state index contributed by atoms with van der Waals surface area (Å²) >= 11 is 1.45. The second kappa shape index (κ2) is 5.14. The van der Waals surface area contributed by atoms with Crippen LogP contribution in [0, 0.1) is 5.82 Å². The Kier molecular flexibility index (Phi) is 3.57. The number of amides is 1. The Morgan fingerprint density at radius 3 is 2.94 bits per heavy atom. The first-order chi connectivity index (χ1) is 8.58. The number of nitrogen functional groups attached to an aromatic ring is 1. The fourth-order valence-corrected chi connectivity index (χ4v) is 2.10. The fourth-order valence-electron chi connectivity index (χ4n) is 1.46. The molecule has 1 atom stereocenters. The lowest BCUT2D eigenvalue weighted by Crippen LogP contribution is -2.26. The second-order valence-electron chi connectivity index (χ2n) is 3.80. The second-order valence-corrected chi connectivity index (χ2v) is 4.73. The van der Waals surface area contributed by atoms with Gasteiger partial charge in [-0.05, 0) is 25.1 Å². The number of anilines is 1. The van der Waals surface area contributed by atoms with Crippen molar-refractivity contribution in [1.82, 2.24) is 10.3 Å². The molecular weight excluding hydrogens is 253 g/mol. The average molecular weight is 265 g/mol. The van der Waals surface area contributed by atoms with Gasteiger partial charge in [-0.2, -0.15) is 0 Å². The minimum Gasteiger partial charge on any atom is -0.396 e. The molecule has 6 heteroatoms. The number of carbonyl (C=O) groups excluding carboxylic acids is 1. The highest BCUT2D eigenvalue weighted by atomic mass is 32.1. The molecule has 0 saturated carbocycles. The van der Waals surface area contributed by atoms with Gasteiger partial charge in [-0.3, -0.25) is 4.79 Å². The Bertz CT molecular complexity index is 556. The van der Waals surface area contributed by atoms with Gasteiger partial charge in [0.2, 0.25) is 0 Å². The number of nitrogens with zero attached hydrogens (tertiary/aromatic N) is 1. The molecule has 4 nitrogen and oxygen atoms in total. The van der Waals surface area contributed by atoms with Crippen LogP contribution in [0.1, 0.15) is 28.3 Å². The van der Waals surface area contributed by atoms with Gasteiger partial charge in [0.25, 0.3) is 5.91 Å². The van der Waals surface area contributed by atoms with Gasteiger partial charge < -0.3 is 11.1 Å². The Labute approximate surface area is 108 Å². The smallest absolute Gasteiger partial charge is 0.251 e. The number of halogens is 1. The Morgan fingerprint density at radius 2 is 2.33 bits per heavy atom. The molecule has 3 N–H and O–H groups in total. The lowest BCUT2D eigenvalue weighted by Gasteiger charge is -2.11. The molecular formula is C12H12FN3OS. The van der Waals surface area contributed by atoms with Crippen molar-refractivity contribution in [1.29, 1.82) is 0 Å². The SMILES string of the molecule is CC(NC(=O)c1ccc(N)c(F)c1)c1nccs1. The predicted molar refractivity (Wildman–Crippen MR) is 68.8 cm³/mol. The molecule has 0 aliphatic heterocycles. The molecule has 2 aromatic rings.